The van der Waals surface area contributed by atoms with Gasteiger partial charge < -0.3 is 10.1 Å². The standard InChI is InChI=1S/C25H21FN2O2S2/c1-17-27-21(15-31-17)16-32-24-8-3-2-7-23(24)25(29)28-20-5-4-6-22(13-20)30-14-18-9-11-19(26)12-10-18/h2-13,15H,14,16H2,1H3,(H,28,29). The number of nitrogens with one attached hydrogen (secondary N) is 1. The van der Waals surface area contributed by atoms with E-state index in [2.05, 4.69) is 10.3 Å². The number of hydrogen-bond acceptors (Lipinski definition) is 5. The lowest BCUT2D eigenvalue weighted by molar-refractivity contribution is 0.102. The fourth-order valence-electron chi connectivity index (χ4n) is 3.02. The van der Waals surface area contributed by atoms with Crippen LogP contribution in [0, 0.1) is 12.7 Å². The van der Waals surface area contributed by atoms with Crippen molar-refractivity contribution in [1.29, 1.82) is 0 Å². The fourth-order valence-corrected chi connectivity index (χ4v) is 4.68. The second kappa shape index (κ2) is 10.4. The highest BCUT2D eigenvalue weighted by Gasteiger charge is 2.13. The molecule has 4 rings (SSSR count). The molecule has 1 N–H and O–H groups in total. The molecule has 0 unspecified atom stereocenters. The number of rotatable bonds is 8. The summed E-state index contributed by atoms with van der Waals surface area (Å²) >= 11 is 3.22. The van der Waals surface area contributed by atoms with E-state index < -0.39 is 0 Å². The third-order valence-electron chi connectivity index (χ3n) is 4.58. The summed E-state index contributed by atoms with van der Waals surface area (Å²) in [6.07, 6.45) is 0. The van der Waals surface area contributed by atoms with Gasteiger partial charge in [0, 0.05) is 27.8 Å². The lowest BCUT2D eigenvalue weighted by Crippen LogP contribution is -2.13. The first kappa shape index (κ1) is 22.0. The van der Waals surface area contributed by atoms with Gasteiger partial charge in [-0.3, -0.25) is 4.79 Å². The Morgan fingerprint density at radius 3 is 2.69 bits per heavy atom. The summed E-state index contributed by atoms with van der Waals surface area (Å²) in [7, 11) is 0. The van der Waals surface area contributed by atoms with Crippen molar-refractivity contribution in [3.63, 3.8) is 0 Å². The van der Waals surface area contributed by atoms with E-state index in [0.717, 1.165) is 21.2 Å². The third kappa shape index (κ3) is 5.96. The van der Waals surface area contributed by atoms with Gasteiger partial charge in [0.1, 0.15) is 18.2 Å². The number of carbonyl (C=O) groups excluding carboxylic acids is 1. The molecule has 0 atom stereocenters. The number of anilines is 1. The molecule has 0 aliphatic heterocycles. The van der Waals surface area contributed by atoms with Crippen molar-refractivity contribution in [2.45, 2.75) is 24.2 Å². The predicted molar refractivity (Wildman–Crippen MR) is 128 cm³/mol. The molecule has 1 aromatic heterocycles. The monoisotopic (exact) mass is 464 g/mol. The minimum Gasteiger partial charge on any atom is -0.489 e. The molecule has 0 bridgehead atoms. The third-order valence-corrected chi connectivity index (χ3v) is 6.51. The van der Waals surface area contributed by atoms with E-state index in [0.29, 0.717) is 29.4 Å². The van der Waals surface area contributed by atoms with Crippen LogP contribution in [0.4, 0.5) is 10.1 Å². The van der Waals surface area contributed by atoms with Crippen LogP contribution in [-0.2, 0) is 12.4 Å². The van der Waals surface area contributed by atoms with Crippen LogP contribution in [-0.4, -0.2) is 10.9 Å². The van der Waals surface area contributed by atoms with Gasteiger partial charge in [0.15, 0.2) is 0 Å². The summed E-state index contributed by atoms with van der Waals surface area (Å²) in [5, 5.41) is 6.03. The fraction of sp³-hybridized carbons (Fsp3) is 0.120. The number of aryl methyl sites for hydroxylation is 1. The van der Waals surface area contributed by atoms with E-state index in [1.165, 1.54) is 12.1 Å². The van der Waals surface area contributed by atoms with Gasteiger partial charge in [0.05, 0.1) is 16.3 Å². The maximum atomic E-state index is 13.0. The number of aromatic nitrogens is 1. The van der Waals surface area contributed by atoms with Crippen LogP contribution in [0.2, 0.25) is 0 Å². The van der Waals surface area contributed by atoms with Crippen molar-refractivity contribution in [3.8, 4) is 5.75 Å². The average molecular weight is 465 g/mol. The molecule has 1 amide bonds. The highest BCUT2D eigenvalue weighted by atomic mass is 32.2. The van der Waals surface area contributed by atoms with Crippen molar-refractivity contribution >= 4 is 34.7 Å². The summed E-state index contributed by atoms with van der Waals surface area (Å²) in [4.78, 5) is 18.3. The number of ether oxygens (including phenoxy) is 1. The van der Waals surface area contributed by atoms with Gasteiger partial charge in [-0.15, -0.1) is 23.1 Å². The van der Waals surface area contributed by atoms with Crippen LogP contribution in [0.15, 0.2) is 83.1 Å². The van der Waals surface area contributed by atoms with Crippen LogP contribution in [0.1, 0.15) is 26.6 Å². The molecule has 0 saturated heterocycles. The Balaban J connectivity index is 1.40. The molecule has 0 aliphatic rings. The first-order valence-electron chi connectivity index (χ1n) is 9.98. The molecular weight excluding hydrogens is 443 g/mol. The van der Waals surface area contributed by atoms with Crippen LogP contribution in [0.25, 0.3) is 0 Å². The Hall–Kier alpha value is -3.16. The number of halogens is 1. The highest BCUT2D eigenvalue weighted by Crippen LogP contribution is 2.28. The average Bonchev–Trinajstić information content (AvgIpc) is 3.23. The SMILES string of the molecule is Cc1nc(CSc2ccccc2C(=O)Nc2cccc(OCc3ccc(F)cc3)c2)cs1. The smallest absolute Gasteiger partial charge is 0.256 e. The van der Waals surface area contributed by atoms with Crippen molar-refractivity contribution < 1.29 is 13.9 Å². The van der Waals surface area contributed by atoms with E-state index in [9.17, 15) is 9.18 Å². The summed E-state index contributed by atoms with van der Waals surface area (Å²) in [6, 6.07) is 20.9. The molecule has 0 aliphatic carbocycles. The van der Waals surface area contributed by atoms with E-state index in [4.69, 9.17) is 4.74 Å². The van der Waals surface area contributed by atoms with Gasteiger partial charge in [-0.2, -0.15) is 0 Å². The lowest BCUT2D eigenvalue weighted by atomic mass is 10.2. The van der Waals surface area contributed by atoms with Crippen molar-refractivity contribution in [2.24, 2.45) is 0 Å². The molecule has 0 radical (unpaired) electrons. The van der Waals surface area contributed by atoms with E-state index in [-0.39, 0.29) is 11.7 Å². The number of nitrogens with zero attached hydrogens (tertiary/aromatic N) is 1. The second-order valence-electron chi connectivity index (χ2n) is 7.04. The number of thiazole rings is 1. The zero-order valence-electron chi connectivity index (χ0n) is 17.4. The van der Waals surface area contributed by atoms with E-state index >= 15 is 0 Å². The molecule has 0 spiro atoms. The van der Waals surface area contributed by atoms with Crippen molar-refractivity contribution in [1.82, 2.24) is 4.98 Å². The molecule has 7 heteroatoms. The lowest BCUT2D eigenvalue weighted by Gasteiger charge is -2.11. The summed E-state index contributed by atoms with van der Waals surface area (Å²) in [5.74, 6) is 0.868. The maximum Gasteiger partial charge on any atom is 0.256 e. The quantitative estimate of drug-likeness (QED) is 0.294. The molecule has 1 heterocycles. The van der Waals surface area contributed by atoms with Crippen molar-refractivity contribution in [3.05, 3.63) is 106 Å². The Morgan fingerprint density at radius 2 is 1.91 bits per heavy atom. The Bertz CT molecular complexity index is 1210. The van der Waals surface area contributed by atoms with Crippen molar-refractivity contribution in [2.75, 3.05) is 5.32 Å². The van der Waals surface area contributed by atoms with Gasteiger partial charge in [-0.1, -0.05) is 30.3 Å². The highest BCUT2D eigenvalue weighted by molar-refractivity contribution is 7.98. The number of hydrogen-bond donors (Lipinski definition) is 1. The molecule has 4 aromatic rings. The van der Waals surface area contributed by atoms with Gasteiger partial charge in [-0.05, 0) is 48.9 Å². The molecule has 32 heavy (non-hydrogen) atoms. The Morgan fingerprint density at radius 1 is 1.09 bits per heavy atom. The first-order chi connectivity index (χ1) is 15.6. The minimum absolute atomic E-state index is 0.182. The summed E-state index contributed by atoms with van der Waals surface area (Å²) in [6.45, 7) is 2.30. The van der Waals surface area contributed by atoms with E-state index in [1.54, 1.807) is 41.3 Å². The van der Waals surface area contributed by atoms with Gasteiger partial charge >= 0.3 is 0 Å². The molecule has 0 saturated carbocycles. The first-order valence-corrected chi connectivity index (χ1v) is 11.8. The largest absolute Gasteiger partial charge is 0.489 e. The maximum absolute atomic E-state index is 13.0. The molecular formula is C25H21FN2O2S2. The van der Waals surface area contributed by atoms with Gasteiger partial charge in [0.25, 0.3) is 5.91 Å². The number of carbonyl (C=O) groups is 1. The molecule has 4 nitrogen and oxygen atoms in total. The normalized spacial score (nSPS) is 10.7. The predicted octanol–water partition coefficient (Wildman–Crippen LogP) is 6.71. The van der Waals surface area contributed by atoms with Crippen LogP contribution in [0.5, 0.6) is 5.75 Å². The topological polar surface area (TPSA) is 51.2 Å². The molecule has 0 fully saturated rings. The molecule has 3 aromatic carbocycles. The van der Waals surface area contributed by atoms with E-state index in [1.807, 2.05) is 54.8 Å². The minimum atomic E-state index is -0.279. The summed E-state index contributed by atoms with van der Waals surface area (Å²) in [5.41, 5.74) is 3.13. The second-order valence-corrected chi connectivity index (χ2v) is 9.12. The number of amides is 1. The zero-order valence-corrected chi connectivity index (χ0v) is 19.0. The Kier molecular flexibility index (Phi) is 7.19. The molecule has 162 valence electrons. The van der Waals surface area contributed by atoms with Gasteiger partial charge in [0.2, 0.25) is 0 Å². The zero-order chi connectivity index (χ0) is 22.3. The summed E-state index contributed by atoms with van der Waals surface area (Å²) < 4.78 is 18.8. The van der Waals surface area contributed by atoms with Gasteiger partial charge in [-0.25, -0.2) is 9.37 Å². The number of benzene rings is 3. The number of thioether (sulfide) groups is 1. The van der Waals surface area contributed by atoms with Crippen LogP contribution in [0.3, 0.4) is 0 Å². The Labute approximate surface area is 194 Å². The van der Waals surface area contributed by atoms with Crippen LogP contribution < -0.4 is 10.1 Å². The van der Waals surface area contributed by atoms with Crippen LogP contribution >= 0.6 is 23.1 Å².